The van der Waals surface area contributed by atoms with Crippen LogP contribution in [0.5, 0.6) is 5.75 Å². The molecular formula is C34H37N7O2. The first-order chi connectivity index (χ1) is 20.8. The number of benzene rings is 3. The quantitative estimate of drug-likeness (QED) is 0.169. The van der Waals surface area contributed by atoms with Gasteiger partial charge >= 0.3 is 0 Å². The van der Waals surface area contributed by atoms with Crippen LogP contribution in [0.3, 0.4) is 0 Å². The van der Waals surface area contributed by atoms with Crippen LogP contribution in [0.1, 0.15) is 48.0 Å². The minimum atomic E-state index is -1.05. The molecule has 0 radical (unpaired) electrons. The Balaban J connectivity index is 1.27. The number of para-hydroxylation sites is 2. The van der Waals surface area contributed by atoms with Gasteiger partial charge in [0.1, 0.15) is 12.1 Å². The van der Waals surface area contributed by atoms with Crippen LogP contribution in [-0.4, -0.2) is 43.3 Å². The molecule has 3 aromatic carbocycles. The largest absolute Gasteiger partial charge is 0.496 e. The van der Waals surface area contributed by atoms with Gasteiger partial charge in [-0.1, -0.05) is 48.5 Å². The van der Waals surface area contributed by atoms with Crippen molar-refractivity contribution in [2.24, 2.45) is 5.73 Å². The van der Waals surface area contributed by atoms with Crippen LogP contribution in [0, 0.1) is 0 Å². The number of fused-ring (bicyclic) bond motifs is 2. The molecule has 0 spiro atoms. The number of carbonyl (C=O) groups excluding carboxylic acids is 1. The van der Waals surface area contributed by atoms with Gasteiger partial charge < -0.3 is 30.3 Å². The number of hydrogen-bond donors (Lipinski definition) is 4. The Bertz CT molecular complexity index is 1870. The Kier molecular flexibility index (Phi) is 7.73. The Hall–Kier alpha value is -4.89. The highest BCUT2D eigenvalue weighted by Gasteiger charge is 2.28. The minimum absolute atomic E-state index is 0.260. The van der Waals surface area contributed by atoms with E-state index < -0.39 is 11.6 Å². The number of nitrogens with zero attached hydrogens (tertiary/aromatic N) is 3. The van der Waals surface area contributed by atoms with Crippen molar-refractivity contribution in [3.8, 4) is 5.75 Å². The van der Waals surface area contributed by atoms with E-state index in [1.54, 1.807) is 27.3 Å². The molecular weight excluding hydrogens is 538 g/mol. The molecule has 0 fully saturated rings. The number of methoxy groups -OCH3 is 1. The van der Waals surface area contributed by atoms with E-state index in [1.165, 1.54) is 16.5 Å². The predicted octanol–water partition coefficient (Wildman–Crippen LogP) is 5.22. The van der Waals surface area contributed by atoms with Gasteiger partial charge in [0.15, 0.2) is 5.82 Å². The average molecular weight is 576 g/mol. The lowest BCUT2D eigenvalue weighted by Gasteiger charge is -2.24. The zero-order chi connectivity index (χ0) is 30.0. The molecule has 0 unspecified atom stereocenters. The molecule has 0 aliphatic heterocycles. The van der Waals surface area contributed by atoms with Crippen molar-refractivity contribution in [1.82, 2.24) is 30.0 Å². The van der Waals surface area contributed by atoms with Crippen molar-refractivity contribution < 1.29 is 9.53 Å². The molecule has 9 heteroatoms. The van der Waals surface area contributed by atoms with Crippen LogP contribution >= 0.6 is 0 Å². The summed E-state index contributed by atoms with van der Waals surface area (Å²) in [6.45, 7) is 3.88. The summed E-state index contributed by atoms with van der Waals surface area (Å²) in [6, 6.07) is 22.4. The summed E-state index contributed by atoms with van der Waals surface area (Å²) < 4.78 is 7.73. The van der Waals surface area contributed by atoms with E-state index in [0.717, 1.165) is 46.1 Å². The lowest BCUT2D eigenvalue weighted by molar-refractivity contribution is -0.126. The molecule has 220 valence electrons. The van der Waals surface area contributed by atoms with Crippen LogP contribution in [0.2, 0.25) is 0 Å². The number of aryl methyl sites for hydroxylation is 2. The topological polar surface area (TPSA) is 127 Å². The molecule has 0 aliphatic carbocycles. The average Bonchev–Trinajstić information content (AvgIpc) is 3.74. The van der Waals surface area contributed by atoms with Gasteiger partial charge in [-0.25, -0.2) is 0 Å². The zero-order valence-corrected chi connectivity index (χ0v) is 24.7. The summed E-state index contributed by atoms with van der Waals surface area (Å²) in [4.78, 5) is 19.8. The summed E-state index contributed by atoms with van der Waals surface area (Å²) in [5.74, 6) is 1.17. The lowest BCUT2D eigenvalue weighted by atomic mass is 10.0. The Morgan fingerprint density at radius 3 is 2.33 bits per heavy atom. The fraction of sp³-hybridized carbons (Fsp3) is 0.265. The van der Waals surface area contributed by atoms with Gasteiger partial charge in [0.2, 0.25) is 5.91 Å². The van der Waals surface area contributed by atoms with E-state index in [4.69, 9.17) is 10.5 Å². The van der Waals surface area contributed by atoms with Crippen LogP contribution in [-0.2, 0) is 30.6 Å². The highest BCUT2D eigenvalue weighted by Crippen LogP contribution is 2.27. The van der Waals surface area contributed by atoms with Crippen molar-refractivity contribution >= 4 is 27.7 Å². The Labute approximate surface area is 250 Å². The van der Waals surface area contributed by atoms with Gasteiger partial charge in [0, 0.05) is 46.2 Å². The van der Waals surface area contributed by atoms with Crippen LogP contribution < -0.4 is 15.8 Å². The molecule has 9 nitrogen and oxygen atoms in total. The second-order valence-corrected chi connectivity index (χ2v) is 11.6. The fourth-order valence-corrected chi connectivity index (χ4v) is 5.64. The van der Waals surface area contributed by atoms with Crippen LogP contribution in [0.4, 0.5) is 0 Å². The Morgan fingerprint density at radius 2 is 1.63 bits per heavy atom. The third-order valence-corrected chi connectivity index (χ3v) is 7.99. The Morgan fingerprint density at radius 1 is 0.953 bits per heavy atom. The zero-order valence-electron chi connectivity index (χ0n) is 24.7. The van der Waals surface area contributed by atoms with Crippen molar-refractivity contribution in [1.29, 1.82) is 0 Å². The van der Waals surface area contributed by atoms with E-state index in [1.807, 2.05) is 41.1 Å². The number of aromatic amines is 2. The van der Waals surface area contributed by atoms with Gasteiger partial charge in [-0.2, -0.15) is 0 Å². The first-order valence-corrected chi connectivity index (χ1v) is 14.5. The van der Waals surface area contributed by atoms with Gasteiger partial charge in [0.05, 0.1) is 25.2 Å². The van der Waals surface area contributed by atoms with E-state index in [-0.39, 0.29) is 5.91 Å². The standard InChI is InChI=1S/C34H37N7O2/c1-34(2,35)33(42)39-30(17-24-19-37-29-11-7-5-9-27(24)29)32-40-38-21-41(32)20-25-16-22(13-15-31(25)43-3)12-14-23-18-36-28-10-6-4-8-26(23)28/h4-11,13,15-16,18-19,21,30,36-37H,12,14,17,20,35H2,1-3H3,(H,39,42)/t30-/m1/s1. The summed E-state index contributed by atoms with van der Waals surface area (Å²) >= 11 is 0. The second-order valence-electron chi connectivity index (χ2n) is 11.6. The minimum Gasteiger partial charge on any atom is -0.496 e. The van der Waals surface area contributed by atoms with Gasteiger partial charge in [-0.3, -0.25) is 4.79 Å². The SMILES string of the molecule is COc1ccc(CCc2c[nH]c3ccccc23)cc1Cn1cnnc1[C@@H](Cc1c[nH]c2ccccc12)NC(=O)C(C)(C)N. The molecule has 0 saturated carbocycles. The van der Waals surface area contributed by atoms with Crippen molar-refractivity contribution in [2.45, 2.75) is 51.2 Å². The number of nitrogens with two attached hydrogens (primary N) is 1. The van der Waals surface area contributed by atoms with Crippen LogP contribution in [0.25, 0.3) is 21.8 Å². The summed E-state index contributed by atoms with van der Waals surface area (Å²) in [7, 11) is 1.68. The highest BCUT2D eigenvalue weighted by atomic mass is 16.5. The molecule has 6 rings (SSSR count). The molecule has 1 atom stereocenters. The van der Waals surface area contributed by atoms with E-state index >= 15 is 0 Å². The maximum atomic E-state index is 13.1. The van der Waals surface area contributed by atoms with Crippen molar-refractivity contribution in [2.75, 3.05) is 7.11 Å². The van der Waals surface area contributed by atoms with E-state index in [9.17, 15) is 4.79 Å². The second kappa shape index (κ2) is 11.8. The van der Waals surface area contributed by atoms with Crippen molar-refractivity contribution in [3.63, 3.8) is 0 Å². The predicted molar refractivity (Wildman–Crippen MR) is 169 cm³/mol. The molecule has 5 N–H and O–H groups in total. The fourth-order valence-electron chi connectivity index (χ4n) is 5.64. The van der Waals surface area contributed by atoms with Gasteiger partial charge in [0.25, 0.3) is 0 Å². The molecule has 3 heterocycles. The molecule has 0 bridgehead atoms. The molecule has 0 aliphatic rings. The first-order valence-electron chi connectivity index (χ1n) is 14.5. The number of hydrogen-bond acceptors (Lipinski definition) is 5. The highest BCUT2D eigenvalue weighted by molar-refractivity contribution is 5.86. The number of rotatable bonds is 11. The normalized spacial score (nSPS) is 12.6. The molecule has 0 saturated heterocycles. The maximum absolute atomic E-state index is 13.1. The molecule has 43 heavy (non-hydrogen) atoms. The van der Waals surface area contributed by atoms with Crippen molar-refractivity contribution in [3.05, 3.63) is 114 Å². The number of nitrogens with one attached hydrogen (secondary N) is 3. The molecule has 3 aromatic heterocycles. The number of aromatic nitrogens is 5. The summed E-state index contributed by atoms with van der Waals surface area (Å²) in [5, 5.41) is 14.2. The summed E-state index contributed by atoms with van der Waals surface area (Å²) in [5.41, 5.74) is 11.9. The number of carbonyl (C=O) groups is 1. The number of amides is 1. The molecule has 6 aromatic rings. The third-order valence-electron chi connectivity index (χ3n) is 7.99. The van der Waals surface area contributed by atoms with Crippen LogP contribution in [0.15, 0.2) is 85.5 Å². The number of H-pyrrole nitrogens is 2. The first kappa shape index (κ1) is 28.2. The van der Waals surface area contributed by atoms with Gasteiger partial charge in [-0.05, 0) is 61.6 Å². The molecule has 1 amide bonds. The van der Waals surface area contributed by atoms with E-state index in [0.29, 0.717) is 18.8 Å². The smallest absolute Gasteiger partial charge is 0.240 e. The monoisotopic (exact) mass is 575 g/mol. The third kappa shape index (κ3) is 6.03. The number of ether oxygens (including phenoxy) is 1. The van der Waals surface area contributed by atoms with E-state index in [2.05, 4.69) is 68.1 Å². The maximum Gasteiger partial charge on any atom is 0.240 e. The lowest BCUT2D eigenvalue weighted by Crippen LogP contribution is -2.50. The summed E-state index contributed by atoms with van der Waals surface area (Å²) in [6.07, 6.45) is 8.11. The van der Waals surface area contributed by atoms with Gasteiger partial charge in [-0.15, -0.1) is 10.2 Å².